The van der Waals surface area contributed by atoms with Gasteiger partial charge in [-0.1, -0.05) is 33.1 Å². The molecule has 0 bridgehead atoms. The fourth-order valence-electron chi connectivity index (χ4n) is 3.63. The summed E-state index contributed by atoms with van der Waals surface area (Å²) in [7, 11) is 0. The van der Waals surface area contributed by atoms with Crippen molar-refractivity contribution in [3.8, 4) is 0 Å². The molecule has 6 heteroatoms. The average Bonchev–Trinajstić information content (AvgIpc) is 3.18. The first-order valence-corrected chi connectivity index (χ1v) is 9.97. The molecule has 0 aliphatic heterocycles. The van der Waals surface area contributed by atoms with Crippen molar-refractivity contribution >= 4 is 33.1 Å². The number of hydrogen-bond acceptors (Lipinski definition) is 5. The minimum atomic E-state index is 0.745. The molecule has 1 N–H and O–H groups in total. The van der Waals surface area contributed by atoms with Crippen LogP contribution in [0.5, 0.6) is 0 Å². The van der Waals surface area contributed by atoms with Gasteiger partial charge in [0.05, 0.1) is 5.39 Å². The van der Waals surface area contributed by atoms with E-state index in [4.69, 9.17) is 4.98 Å². The molecular formula is C18H25N5S. The lowest BCUT2D eigenvalue weighted by Gasteiger charge is -2.17. The van der Waals surface area contributed by atoms with E-state index >= 15 is 0 Å². The molecule has 24 heavy (non-hydrogen) atoms. The van der Waals surface area contributed by atoms with Gasteiger partial charge in [-0.3, -0.25) is 0 Å². The molecule has 0 saturated carbocycles. The van der Waals surface area contributed by atoms with Crippen LogP contribution in [-0.4, -0.2) is 26.1 Å². The number of unbranched alkanes of at least 4 members (excludes halogenated alkanes) is 3. The average molecular weight is 344 g/mol. The lowest BCUT2D eigenvalue weighted by atomic mass is 9.89. The highest BCUT2D eigenvalue weighted by Gasteiger charge is 2.24. The van der Waals surface area contributed by atoms with Crippen molar-refractivity contribution in [1.29, 1.82) is 0 Å². The van der Waals surface area contributed by atoms with Crippen molar-refractivity contribution < 1.29 is 0 Å². The van der Waals surface area contributed by atoms with E-state index in [1.54, 1.807) is 6.33 Å². The van der Waals surface area contributed by atoms with Crippen LogP contribution in [0, 0.1) is 5.92 Å². The number of nitrogens with one attached hydrogen (secondary N) is 1. The number of aromatic nitrogens is 4. The first-order chi connectivity index (χ1) is 11.8. The summed E-state index contributed by atoms with van der Waals surface area (Å²) in [6, 6.07) is 0. The highest BCUT2D eigenvalue weighted by molar-refractivity contribution is 7.19. The van der Waals surface area contributed by atoms with Gasteiger partial charge >= 0.3 is 0 Å². The molecule has 5 nitrogen and oxygen atoms in total. The first-order valence-electron chi connectivity index (χ1n) is 9.15. The van der Waals surface area contributed by atoms with E-state index in [1.807, 2.05) is 15.9 Å². The van der Waals surface area contributed by atoms with Crippen LogP contribution in [0.3, 0.4) is 0 Å². The molecule has 0 amide bonds. The van der Waals surface area contributed by atoms with Gasteiger partial charge in [0.15, 0.2) is 5.65 Å². The van der Waals surface area contributed by atoms with E-state index in [-0.39, 0.29) is 0 Å². The van der Waals surface area contributed by atoms with Gasteiger partial charge in [-0.15, -0.1) is 11.3 Å². The summed E-state index contributed by atoms with van der Waals surface area (Å²) < 4.78 is 1.88. The van der Waals surface area contributed by atoms with E-state index in [9.17, 15) is 0 Å². The molecule has 0 fully saturated rings. The summed E-state index contributed by atoms with van der Waals surface area (Å²) in [6.07, 6.45) is 10.2. The Kier molecular flexibility index (Phi) is 4.39. The Morgan fingerprint density at radius 2 is 2.25 bits per heavy atom. The number of fused-ring (bicyclic) bond motifs is 5. The minimum absolute atomic E-state index is 0.745. The topological polar surface area (TPSA) is 55.1 Å². The number of hydrogen-bond donors (Lipinski definition) is 1. The SMILES string of the molecule is CCCCCCNc1nc2sc3c(c2c2ncnn12)C[C@@H](C)CC3. The minimum Gasteiger partial charge on any atom is -0.354 e. The quantitative estimate of drug-likeness (QED) is 0.672. The van der Waals surface area contributed by atoms with Gasteiger partial charge in [-0.05, 0) is 37.2 Å². The largest absolute Gasteiger partial charge is 0.354 e. The zero-order valence-corrected chi connectivity index (χ0v) is 15.3. The molecule has 1 atom stereocenters. The highest BCUT2D eigenvalue weighted by atomic mass is 32.1. The lowest BCUT2D eigenvalue weighted by molar-refractivity contribution is 0.508. The summed E-state index contributed by atoms with van der Waals surface area (Å²) in [4.78, 5) is 12.1. The van der Waals surface area contributed by atoms with Crippen LogP contribution in [0.15, 0.2) is 6.33 Å². The van der Waals surface area contributed by atoms with Gasteiger partial charge in [0.1, 0.15) is 11.2 Å². The van der Waals surface area contributed by atoms with Gasteiger partial charge in [-0.2, -0.15) is 9.61 Å². The second kappa shape index (κ2) is 6.67. The monoisotopic (exact) mass is 343 g/mol. The van der Waals surface area contributed by atoms with Crippen molar-refractivity contribution in [2.45, 2.75) is 58.8 Å². The van der Waals surface area contributed by atoms with Crippen molar-refractivity contribution in [3.63, 3.8) is 0 Å². The van der Waals surface area contributed by atoms with Crippen molar-refractivity contribution in [3.05, 3.63) is 16.8 Å². The van der Waals surface area contributed by atoms with Crippen LogP contribution >= 0.6 is 11.3 Å². The Morgan fingerprint density at radius 3 is 3.12 bits per heavy atom. The number of anilines is 1. The molecular weight excluding hydrogens is 318 g/mol. The van der Waals surface area contributed by atoms with E-state index in [1.165, 1.54) is 54.4 Å². The van der Waals surface area contributed by atoms with Crippen LogP contribution in [0.1, 0.15) is 56.4 Å². The smallest absolute Gasteiger partial charge is 0.227 e. The normalized spacial score (nSPS) is 17.5. The first kappa shape index (κ1) is 15.8. The Hall–Kier alpha value is -1.69. The number of rotatable bonds is 6. The molecule has 3 aromatic rings. The molecule has 3 heterocycles. The van der Waals surface area contributed by atoms with Crippen molar-refractivity contribution in [2.75, 3.05) is 11.9 Å². The number of thiophene rings is 1. The Bertz CT molecular complexity index is 850. The zero-order chi connectivity index (χ0) is 16.5. The summed E-state index contributed by atoms with van der Waals surface area (Å²) in [5.41, 5.74) is 2.43. The molecule has 0 saturated heterocycles. The molecule has 1 aliphatic carbocycles. The third-order valence-corrected chi connectivity index (χ3v) is 6.17. The van der Waals surface area contributed by atoms with Crippen molar-refractivity contribution in [2.24, 2.45) is 5.92 Å². The maximum Gasteiger partial charge on any atom is 0.227 e. The van der Waals surface area contributed by atoms with Gasteiger partial charge in [0, 0.05) is 11.4 Å². The molecule has 4 rings (SSSR count). The zero-order valence-electron chi connectivity index (χ0n) is 14.5. The second-order valence-corrected chi connectivity index (χ2v) is 8.03. The highest BCUT2D eigenvalue weighted by Crippen LogP contribution is 2.39. The predicted octanol–water partition coefficient (Wildman–Crippen LogP) is 4.46. The summed E-state index contributed by atoms with van der Waals surface area (Å²) in [6.45, 7) is 5.52. The maximum atomic E-state index is 4.89. The molecule has 3 aromatic heterocycles. The van der Waals surface area contributed by atoms with Crippen LogP contribution in [-0.2, 0) is 12.8 Å². The molecule has 0 unspecified atom stereocenters. The predicted molar refractivity (Wildman–Crippen MR) is 100.0 cm³/mol. The molecule has 128 valence electrons. The van der Waals surface area contributed by atoms with E-state index < -0.39 is 0 Å². The fraction of sp³-hybridized carbons (Fsp3) is 0.611. The summed E-state index contributed by atoms with van der Waals surface area (Å²) >= 11 is 1.85. The second-order valence-electron chi connectivity index (χ2n) is 6.95. The fourth-order valence-corrected chi connectivity index (χ4v) is 4.84. The number of aryl methyl sites for hydroxylation is 1. The maximum absolute atomic E-state index is 4.89. The Morgan fingerprint density at radius 1 is 1.33 bits per heavy atom. The third-order valence-electron chi connectivity index (χ3n) is 4.98. The third kappa shape index (κ3) is 2.77. The standard InChI is InChI=1S/C18H25N5S/c1-3-4-5-6-9-19-18-22-17-15(16-20-11-21-23(16)18)13-10-12(2)7-8-14(13)24-17/h11-12H,3-10H2,1-2H3,(H,19,22)/t12-/m0/s1. The molecule has 0 spiro atoms. The van der Waals surface area contributed by atoms with Crippen LogP contribution in [0.2, 0.25) is 0 Å². The Balaban J connectivity index is 1.69. The van der Waals surface area contributed by atoms with Gasteiger partial charge in [-0.25, -0.2) is 9.97 Å². The van der Waals surface area contributed by atoms with E-state index in [0.29, 0.717) is 0 Å². The van der Waals surface area contributed by atoms with Gasteiger partial charge in [0.2, 0.25) is 5.95 Å². The van der Waals surface area contributed by atoms with Gasteiger partial charge in [0.25, 0.3) is 0 Å². The summed E-state index contributed by atoms with van der Waals surface area (Å²) in [5, 5.41) is 9.12. The molecule has 0 radical (unpaired) electrons. The molecule has 0 aromatic carbocycles. The van der Waals surface area contributed by atoms with Gasteiger partial charge < -0.3 is 5.32 Å². The number of nitrogens with zero attached hydrogens (tertiary/aromatic N) is 4. The van der Waals surface area contributed by atoms with E-state index in [2.05, 4.69) is 29.2 Å². The lowest BCUT2D eigenvalue weighted by Crippen LogP contribution is -2.10. The van der Waals surface area contributed by atoms with E-state index in [0.717, 1.165) is 35.3 Å². The Labute approximate surface area is 146 Å². The van der Waals surface area contributed by atoms with Crippen LogP contribution < -0.4 is 5.32 Å². The molecule has 1 aliphatic rings. The van der Waals surface area contributed by atoms with Crippen molar-refractivity contribution in [1.82, 2.24) is 19.6 Å². The van der Waals surface area contributed by atoms with Crippen LogP contribution in [0.4, 0.5) is 5.95 Å². The summed E-state index contributed by atoms with van der Waals surface area (Å²) in [5.74, 6) is 1.58. The van der Waals surface area contributed by atoms with Crippen LogP contribution in [0.25, 0.3) is 15.9 Å².